The van der Waals surface area contributed by atoms with E-state index in [2.05, 4.69) is 10.6 Å². The lowest BCUT2D eigenvalue weighted by Crippen LogP contribution is -2.60. The number of amides is 6. The van der Waals surface area contributed by atoms with Gasteiger partial charge in [-0.2, -0.15) is 0 Å². The molecule has 1 aromatic carbocycles. The van der Waals surface area contributed by atoms with Crippen molar-refractivity contribution in [1.29, 1.82) is 0 Å². The van der Waals surface area contributed by atoms with Gasteiger partial charge < -0.3 is 54.1 Å². The van der Waals surface area contributed by atoms with Crippen LogP contribution in [0.3, 0.4) is 0 Å². The first kappa shape index (κ1) is 61.4. The second-order valence-corrected chi connectivity index (χ2v) is 19.8. The molecule has 0 spiro atoms. The summed E-state index contributed by atoms with van der Waals surface area (Å²) >= 11 is 5.78. The monoisotopic (exact) mass is 1030 g/mol. The molecule has 0 aliphatic carbocycles. The summed E-state index contributed by atoms with van der Waals surface area (Å²) in [6, 6.07) is 5.58. The maximum Gasteiger partial charge on any atom is 0.326 e. The average Bonchev–Trinajstić information content (AvgIpc) is 3.96. The molecule has 404 valence electrons. The number of aliphatic carboxylic acids is 1. The summed E-state index contributed by atoms with van der Waals surface area (Å²) < 4.78 is 28.7. The second kappa shape index (κ2) is 31.0. The van der Waals surface area contributed by atoms with Crippen LogP contribution in [-0.2, 0) is 63.7 Å². The summed E-state index contributed by atoms with van der Waals surface area (Å²) in [4.78, 5) is 98.2. The first-order chi connectivity index (χ1) is 34.2. The number of carbonyl (C=O) groups is 7. The highest BCUT2D eigenvalue weighted by Gasteiger charge is 2.43. The third-order valence-corrected chi connectivity index (χ3v) is 14.2. The Balaban J connectivity index is 1.60. The number of thiocarbonyl (C=S) groups is 1. The molecule has 1 aromatic rings. The van der Waals surface area contributed by atoms with E-state index in [1.54, 1.807) is 31.0 Å². The van der Waals surface area contributed by atoms with Crippen molar-refractivity contribution in [1.82, 2.24) is 30.2 Å². The molecule has 19 nitrogen and oxygen atoms in total. The van der Waals surface area contributed by atoms with Gasteiger partial charge in [0, 0.05) is 59.4 Å². The molecule has 0 radical (unpaired) electrons. The zero-order chi connectivity index (χ0) is 53.7. The number of imide groups is 1. The Morgan fingerprint density at radius 3 is 1.96 bits per heavy atom. The molecule has 3 rings (SSSR count). The standard InChI is InChI=1S/C52H82N6O13S/c1-12-35(6)47(40(67-10)32-44(62)57-23-16-19-39(57)48(68-11)36(7)50(72)53-38(52(65)66)31-37-17-14-13-15-18-37)56(9)51(64)45(33(2)3)54-49(63)46(34(4)5)55(8)41(59)22-25-69-27-29-71-30-28-70-26-24-58-42(60)20-21-43(58)61/h13-15,17-18,20-21,33-36,38-40,45-48H,12,16,19,22-32H2,1-11H3,(H,53,72)(H,54,63)(H,65,66)/t35-,36+,38-,39-,40+,45-,46-,47?,48+/m0/s1. The Hall–Kier alpha value is -4.86. The molecule has 1 fully saturated rings. The van der Waals surface area contributed by atoms with Crippen LogP contribution in [0, 0.1) is 23.7 Å². The number of carboxylic acid groups (broad SMARTS) is 1. The Bertz CT molecular complexity index is 1960. The minimum Gasteiger partial charge on any atom is -0.480 e. The van der Waals surface area contributed by atoms with Gasteiger partial charge in [-0.15, -0.1) is 0 Å². The second-order valence-electron chi connectivity index (χ2n) is 19.4. The first-order valence-corrected chi connectivity index (χ1v) is 25.6. The fourth-order valence-electron chi connectivity index (χ4n) is 9.40. The van der Waals surface area contributed by atoms with E-state index in [9.17, 15) is 38.7 Å². The maximum absolute atomic E-state index is 14.6. The van der Waals surface area contributed by atoms with Gasteiger partial charge in [-0.3, -0.25) is 33.7 Å². The minimum absolute atomic E-state index is 0.0122. The molecule has 0 aromatic heterocycles. The van der Waals surface area contributed by atoms with Crippen LogP contribution in [0.25, 0.3) is 0 Å². The topological polar surface area (TPSA) is 223 Å². The Morgan fingerprint density at radius 1 is 0.819 bits per heavy atom. The van der Waals surface area contributed by atoms with Gasteiger partial charge >= 0.3 is 5.97 Å². The van der Waals surface area contributed by atoms with Gasteiger partial charge in [-0.05, 0) is 36.2 Å². The molecule has 0 saturated carbocycles. The number of carboxylic acids is 1. The van der Waals surface area contributed by atoms with Gasteiger partial charge in [0.2, 0.25) is 23.6 Å². The van der Waals surface area contributed by atoms with Crippen molar-refractivity contribution in [3.8, 4) is 0 Å². The zero-order valence-corrected chi connectivity index (χ0v) is 45.2. The van der Waals surface area contributed by atoms with Gasteiger partial charge in [-0.1, -0.05) is 97.4 Å². The summed E-state index contributed by atoms with van der Waals surface area (Å²) in [6.45, 7) is 15.2. The Labute approximate surface area is 432 Å². The molecule has 20 heteroatoms. The number of nitrogens with one attached hydrogen (secondary N) is 2. The van der Waals surface area contributed by atoms with Crippen molar-refractivity contribution in [2.24, 2.45) is 23.7 Å². The van der Waals surface area contributed by atoms with Crippen molar-refractivity contribution >= 4 is 58.6 Å². The zero-order valence-electron chi connectivity index (χ0n) is 44.3. The van der Waals surface area contributed by atoms with Crippen molar-refractivity contribution < 1.29 is 62.4 Å². The summed E-state index contributed by atoms with van der Waals surface area (Å²) in [5.74, 6) is -4.26. The van der Waals surface area contributed by atoms with Crippen LogP contribution >= 0.6 is 12.2 Å². The van der Waals surface area contributed by atoms with Crippen LogP contribution in [0.1, 0.15) is 86.1 Å². The van der Waals surface area contributed by atoms with E-state index in [4.69, 9.17) is 35.9 Å². The van der Waals surface area contributed by atoms with E-state index in [0.29, 0.717) is 24.4 Å². The molecule has 72 heavy (non-hydrogen) atoms. The molecular formula is C52H82N6O13S. The van der Waals surface area contributed by atoms with E-state index in [1.807, 2.05) is 78.8 Å². The highest BCUT2D eigenvalue weighted by atomic mass is 32.1. The molecule has 6 amide bonds. The number of likely N-dealkylation sites (tertiary alicyclic amines) is 1. The van der Waals surface area contributed by atoms with Crippen LogP contribution in [-0.4, -0.2) is 195 Å². The molecule has 2 heterocycles. The predicted octanol–water partition coefficient (Wildman–Crippen LogP) is 3.51. The van der Waals surface area contributed by atoms with Crippen molar-refractivity contribution in [3.05, 3.63) is 48.0 Å². The van der Waals surface area contributed by atoms with E-state index in [1.165, 1.54) is 24.2 Å². The van der Waals surface area contributed by atoms with Crippen LogP contribution in [0.2, 0.25) is 0 Å². The number of methoxy groups -OCH3 is 2. The van der Waals surface area contributed by atoms with Crippen molar-refractivity contribution in [3.63, 3.8) is 0 Å². The summed E-state index contributed by atoms with van der Waals surface area (Å²) in [6.07, 6.45) is 3.45. The Morgan fingerprint density at radius 2 is 1.42 bits per heavy atom. The van der Waals surface area contributed by atoms with Gasteiger partial charge in [0.1, 0.15) is 18.1 Å². The fraction of sp³-hybridized carbons (Fsp3) is 0.692. The van der Waals surface area contributed by atoms with E-state index in [-0.39, 0.29) is 119 Å². The van der Waals surface area contributed by atoms with Gasteiger partial charge in [0.05, 0.1) is 88.3 Å². The predicted molar refractivity (Wildman–Crippen MR) is 275 cm³/mol. The van der Waals surface area contributed by atoms with Gasteiger partial charge in [0.25, 0.3) is 11.8 Å². The SMILES string of the molecule is CC[C@H](C)C([C@@H](CC(=O)N1CCC[C@H]1[C@H](OC)[C@@H](C)C(=S)N[C@@H](Cc1ccccc1)C(=O)O)OC)N(C)C(=O)[C@@H](NC(=O)[C@H](C(C)C)N(C)C(=O)CCOCCOCCOCCN1C(=O)C=CC1=O)C(C)C. The van der Waals surface area contributed by atoms with Crippen LogP contribution in [0.5, 0.6) is 0 Å². The van der Waals surface area contributed by atoms with Crippen molar-refractivity contribution in [2.45, 2.75) is 129 Å². The van der Waals surface area contributed by atoms with Gasteiger partial charge in [0.15, 0.2) is 0 Å². The van der Waals surface area contributed by atoms with E-state index >= 15 is 0 Å². The van der Waals surface area contributed by atoms with Crippen LogP contribution in [0.4, 0.5) is 0 Å². The third-order valence-electron chi connectivity index (χ3n) is 13.7. The number of hydrogen-bond donors (Lipinski definition) is 3. The number of benzene rings is 1. The normalized spacial score (nSPS) is 18.1. The number of likely N-dealkylation sites (N-methyl/N-ethyl adjacent to an activating group) is 2. The quantitative estimate of drug-likeness (QED) is 0.0521. The largest absolute Gasteiger partial charge is 0.480 e. The molecular weight excluding hydrogens is 949 g/mol. The van der Waals surface area contributed by atoms with E-state index < -0.39 is 54.2 Å². The molecule has 1 unspecified atom stereocenters. The number of rotatable bonds is 33. The smallest absolute Gasteiger partial charge is 0.326 e. The summed E-state index contributed by atoms with van der Waals surface area (Å²) in [7, 11) is 6.33. The molecule has 2 aliphatic rings. The lowest BCUT2D eigenvalue weighted by atomic mass is 9.89. The molecule has 3 N–H and O–H groups in total. The van der Waals surface area contributed by atoms with Crippen LogP contribution < -0.4 is 10.6 Å². The molecule has 1 saturated heterocycles. The number of nitrogens with zero attached hydrogens (tertiary/aromatic N) is 4. The fourth-order valence-corrected chi connectivity index (χ4v) is 9.67. The lowest BCUT2D eigenvalue weighted by Gasteiger charge is -2.41. The van der Waals surface area contributed by atoms with E-state index in [0.717, 1.165) is 16.9 Å². The van der Waals surface area contributed by atoms with Crippen LogP contribution in [0.15, 0.2) is 42.5 Å². The minimum atomic E-state index is -1.03. The first-order valence-electron chi connectivity index (χ1n) is 25.2. The third kappa shape index (κ3) is 18.0. The summed E-state index contributed by atoms with van der Waals surface area (Å²) in [5, 5.41) is 16.1. The molecule has 2 aliphatic heterocycles. The number of carbonyl (C=O) groups excluding carboxylic acids is 6. The highest BCUT2D eigenvalue weighted by Crippen LogP contribution is 2.30. The summed E-state index contributed by atoms with van der Waals surface area (Å²) in [5.41, 5.74) is 0.852. The molecule has 0 bridgehead atoms. The lowest BCUT2D eigenvalue weighted by molar-refractivity contribution is -0.148. The Kier molecular flexibility index (Phi) is 26.5. The maximum atomic E-state index is 14.6. The van der Waals surface area contributed by atoms with Gasteiger partial charge in [-0.25, -0.2) is 4.79 Å². The highest BCUT2D eigenvalue weighted by molar-refractivity contribution is 7.80. The number of hydrogen-bond acceptors (Lipinski definition) is 13. The average molecular weight is 1030 g/mol. The van der Waals surface area contributed by atoms with Crippen molar-refractivity contribution in [2.75, 3.05) is 81.0 Å². The molecule has 9 atom stereocenters. The number of ether oxygens (including phenoxy) is 5.